The minimum Gasteiger partial charge on any atom is -0.493 e. The number of ether oxygens (including phenoxy) is 1. The Morgan fingerprint density at radius 2 is 2.44 bits per heavy atom. The number of halogens is 1. The molecule has 18 heavy (non-hydrogen) atoms. The van der Waals surface area contributed by atoms with Gasteiger partial charge in [0, 0.05) is 21.6 Å². The molecule has 6 heteroatoms. The molecule has 0 fully saturated rings. The van der Waals surface area contributed by atoms with Gasteiger partial charge >= 0.3 is 0 Å². The highest BCUT2D eigenvalue weighted by molar-refractivity contribution is 9.10. The van der Waals surface area contributed by atoms with Crippen LogP contribution in [0.3, 0.4) is 0 Å². The van der Waals surface area contributed by atoms with Gasteiger partial charge in [0.05, 0.1) is 12.8 Å². The van der Waals surface area contributed by atoms with Gasteiger partial charge in [-0.1, -0.05) is 15.9 Å². The average Bonchev–Trinajstić information content (AvgIpc) is 2.86. The summed E-state index contributed by atoms with van der Waals surface area (Å²) in [4.78, 5) is 4.08. The third-order valence-electron chi connectivity index (χ3n) is 2.07. The first-order chi connectivity index (χ1) is 8.79. The molecule has 0 saturated carbocycles. The number of aromatic nitrogens is 1. The van der Waals surface area contributed by atoms with Crippen molar-refractivity contribution in [2.75, 3.05) is 12.0 Å². The summed E-state index contributed by atoms with van der Waals surface area (Å²) < 4.78 is 6.51. The Hall–Kier alpha value is -1.40. The Bertz CT molecular complexity index is 528. The quantitative estimate of drug-likeness (QED) is 0.672. The van der Waals surface area contributed by atoms with Crippen molar-refractivity contribution in [1.29, 1.82) is 0 Å². The van der Waals surface area contributed by atoms with Gasteiger partial charge in [0.25, 0.3) is 0 Å². The van der Waals surface area contributed by atoms with Crippen molar-refractivity contribution in [3.63, 3.8) is 0 Å². The lowest BCUT2D eigenvalue weighted by Gasteiger charge is -2.06. The van der Waals surface area contributed by atoms with Gasteiger partial charge in [-0.25, -0.2) is 4.98 Å². The second-order valence-electron chi connectivity index (χ2n) is 3.32. The molecule has 1 aromatic carbocycles. The Balaban J connectivity index is 2.11. The van der Waals surface area contributed by atoms with Gasteiger partial charge in [0.15, 0.2) is 0 Å². The minimum atomic E-state index is 0.627. The molecule has 4 nitrogen and oxygen atoms in total. The van der Waals surface area contributed by atoms with Crippen LogP contribution >= 0.6 is 27.3 Å². The predicted molar refractivity (Wildman–Crippen MR) is 78.6 cm³/mol. The van der Waals surface area contributed by atoms with Crippen LogP contribution in [0.4, 0.5) is 5.13 Å². The number of hydrazone groups is 1. The molecule has 0 aliphatic carbocycles. The molecule has 0 saturated heterocycles. The fraction of sp³-hybridized carbons (Fsp3) is 0.167. The summed E-state index contributed by atoms with van der Waals surface area (Å²) in [5.41, 5.74) is 3.78. The van der Waals surface area contributed by atoms with Crippen molar-refractivity contribution in [3.05, 3.63) is 39.8 Å². The van der Waals surface area contributed by atoms with Crippen molar-refractivity contribution in [2.24, 2.45) is 5.10 Å². The van der Waals surface area contributed by atoms with Crippen molar-refractivity contribution in [2.45, 2.75) is 6.92 Å². The topological polar surface area (TPSA) is 46.5 Å². The first kappa shape index (κ1) is 13.0. The largest absolute Gasteiger partial charge is 0.493 e. The summed E-state index contributed by atoms with van der Waals surface area (Å²) in [5.74, 6) is 0.811. The van der Waals surface area contributed by atoms with Crippen molar-refractivity contribution >= 4 is 38.6 Å². The third-order valence-corrected chi connectivity index (χ3v) is 3.24. The second-order valence-corrected chi connectivity index (χ2v) is 5.13. The van der Waals surface area contributed by atoms with E-state index in [2.05, 4.69) is 31.4 Å². The van der Waals surface area contributed by atoms with Crippen LogP contribution in [0.25, 0.3) is 0 Å². The summed E-state index contributed by atoms with van der Waals surface area (Å²) in [6.07, 6.45) is 3.45. The zero-order valence-electron chi connectivity index (χ0n) is 9.76. The van der Waals surface area contributed by atoms with Crippen LogP contribution in [-0.2, 0) is 0 Å². The number of hydrogen-bond donors (Lipinski definition) is 1. The lowest BCUT2D eigenvalue weighted by molar-refractivity contribution is 0.339. The summed E-state index contributed by atoms with van der Waals surface area (Å²) in [7, 11) is 0. The molecule has 0 aliphatic heterocycles. The summed E-state index contributed by atoms with van der Waals surface area (Å²) >= 11 is 4.93. The number of nitrogens with zero attached hydrogens (tertiary/aromatic N) is 2. The van der Waals surface area contributed by atoms with E-state index < -0.39 is 0 Å². The molecule has 0 radical (unpaired) electrons. The van der Waals surface area contributed by atoms with Gasteiger partial charge in [0.2, 0.25) is 5.13 Å². The Morgan fingerprint density at radius 3 is 3.17 bits per heavy atom. The summed E-state index contributed by atoms with van der Waals surface area (Å²) in [5, 5.41) is 6.79. The first-order valence-corrected chi connectivity index (χ1v) is 7.08. The van der Waals surface area contributed by atoms with E-state index in [0.717, 1.165) is 20.9 Å². The molecule has 94 valence electrons. The van der Waals surface area contributed by atoms with E-state index in [1.165, 1.54) is 11.3 Å². The van der Waals surface area contributed by atoms with Crippen LogP contribution in [0.1, 0.15) is 12.5 Å². The molecule has 1 aromatic heterocycles. The number of rotatable bonds is 5. The molecule has 0 unspecified atom stereocenters. The maximum absolute atomic E-state index is 5.53. The fourth-order valence-electron chi connectivity index (χ4n) is 1.34. The third kappa shape index (κ3) is 3.54. The standard InChI is InChI=1S/C12H12BrN3OS/c1-2-17-11-4-3-10(13)7-9(11)8-15-16-12-14-5-6-18-12/h3-8H,2H2,1H3,(H,14,16)/b15-8+. The molecule has 2 aromatic rings. The lowest BCUT2D eigenvalue weighted by Crippen LogP contribution is -1.97. The van der Waals surface area contributed by atoms with Crippen molar-refractivity contribution in [1.82, 2.24) is 4.98 Å². The number of benzene rings is 1. The SMILES string of the molecule is CCOc1ccc(Br)cc1/C=N/Nc1nccs1. The van der Waals surface area contributed by atoms with Crippen molar-refractivity contribution in [3.8, 4) is 5.75 Å². The number of hydrogen-bond acceptors (Lipinski definition) is 5. The molecule has 0 aliphatic rings. The zero-order chi connectivity index (χ0) is 12.8. The van der Waals surface area contributed by atoms with E-state index in [9.17, 15) is 0 Å². The monoisotopic (exact) mass is 325 g/mol. The van der Waals surface area contributed by atoms with E-state index >= 15 is 0 Å². The maximum Gasteiger partial charge on any atom is 0.203 e. The van der Waals surface area contributed by atoms with Gasteiger partial charge in [-0.15, -0.1) is 11.3 Å². The van der Waals surface area contributed by atoms with E-state index in [0.29, 0.717) is 6.61 Å². The Morgan fingerprint density at radius 1 is 1.56 bits per heavy atom. The molecule has 0 amide bonds. The van der Waals surface area contributed by atoms with Crippen molar-refractivity contribution < 1.29 is 4.74 Å². The normalized spacial score (nSPS) is 10.8. The molecule has 1 N–H and O–H groups in total. The maximum atomic E-state index is 5.53. The predicted octanol–water partition coefficient (Wildman–Crippen LogP) is 3.75. The van der Waals surface area contributed by atoms with Crippen LogP contribution in [0.5, 0.6) is 5.75 Å². The van der Waals surface area contributed by atoms with Gasteiger partial charge in [-0.05, 0) is 25.1 Å². The zero-order valence-corrected chi connectivity index (χ0v) is 12.2. The van der Waals surface area contributed by atoms with Crippen LogP contribution in [0, 0.1) is 0 Å². The number of thiazole rings is 1. The number of anilines is 1. The molecular weight excluding hydrogens is 314 g/mol. The van der Waals surface area contributed by atoms with Gasteiger partial charge in [0.1, 0.15) is 5.75 Å². The van der Waals surface area contributed by atoms with E-state index in [4.69, 9.17) is 4.74 Å². The van der Waals surface area contributed by atoms with E-state index in [1.807, 2.05) is 30.5 Å². The molecular formula is C12H12BrN3OS. The Kier molecular flexibility index (Phi) is 4.72. The van der Waals surface area contributed by atoms with E-state index in [-0.39, 0.29) is 0 Å². The summed E-state index contributed by atoms with van der Waals surface area (Å²) in [6, 6.07) is 5.81. The van der Waals surface area contributed by atoms with Gasteiger partial charge in [-0.3, -0.25) is 5.43 Å². The Labute approximate surface area is 118 Å². The van der Waals surface area contributed by atoms with E-state index in [1.54, 1.807) is 12.4 Å². The molecule has 0 bridgehead atoms. The van der Waals surface area contributed by atoms with Crippen LogP contribution in [-0.4, -0.2) is 17.8 Å². The smallest absolute Gasteiger partial charge is 0.203 e. The highest BCUT2D eigenvalue weighted by Crippen LogP contribution is 2.22. The second kappa shape index (κ2) is 6.51. The van der Waals surface area contributed by atoms with Gasteiger partial charge in [-0.2, -0.15) is 5.10 Å². The van der Waals surface area contributed by atoms with Crippen LogP contribution in [0.15, 0.2) is 39.4 Å². The average molecular weight is 326 g/mol. The molecule has 1 heterocycles. The molecule has 0 spiro atoms. The van der Waals surface area contributed by atoms with Gasteiger partial charge < -0.3 is 4.74 Å². The highest BCUT2D eigenvalue weighted by atomic mass is 79.9. The number of nitrogens with one attached hydrogen (secondary N) is 1. The highest BCUT2D eigenvalue weighted by Gasteiger charge is 2.01. The summed E-state index contributed by atoms with van der Waals surface area (Å²) in [6.45, 7) is 2.58. The van der Waals surface area contributed by atoms with Crippen LogP contribution < -0.4 is 10.2 Å². The molecule has 2 rings (SSSR count). The lowest BCUT2D eigenvalue weighted by atomic mass is 10.2. The fourth-order valence-corrected chi connectivity index (χ4v) is 2.20. The first-order valence-electron chi connectivity index (χ1n) is 5.40. The van der Waals surface area contributed by atoms with Crippen LogP contribution in [0.2, 0.25) is 0 Å². The minimum absolute atomic E-state index is 0.627. The molecule has 0 atom stereocenters.